The van der Waals surface area contributed by atoms with Crippen molar-refractivity contribution < 1.29 is 9.84 Å². The van der Waals surface area contributed by atoms with Gasteiger partial charge in [-0.3, -0.25) is 0 Å². The Labute approximate surface area is 92.8 Å². The maximum atomic E-state index is 10.2. The molecule has 1 saturated heterocycles. The van der Waals surface area contributed by atoms with Crippen LogP contribution in [0.3, 0.4) is 0 Å². The lowest BCUT2D eigenvalue weighted by atomic mass is 9.91. The summed E-state index contributed by atoms with van der Waals surface area (Å²) in [5.74, 6) is 0.227. The third kappa shape index (κ3) is 3.14. The zero-order valence-corrected chi connectivity index (χ0v) is 10.5. The van der Waals surface area contributed by atoms with E-state index in [0.29, 0.717) is 6.61 Å². The van der Waals surface area contributed by atoms with Gasteiger partial charge < -0.3 is 19.6 Å². The van der Waals surface area contributed by atoms with Crippen molar-refractivity contribution in [1.82, 2.24) is 9.80 Å². The first-order valence-electron chi connectivity index (χ1n) is 5.46. The molecule has 0 bridgehead atoms. The van der Waals surface area contributed by atoms with E-state index < -0.39 is 5.60 Å². The number of likely N-dealkylation sites (N-methyl/N-ethyl adjacent to an activating group) is 1. The zero-order chi connectivity index (χ0) is 11.6. The molecule has 1 rings (SSSR count). The molecule has 1 N–H and O–H groups in total. The molecule has 0 saturated carbocycles. The standard InChI is InChI=1S/C11H24N2O2/c1-11(8-13(4)5)10(14)9(7-15-11)6-12(2)3/h9-10,14H,6-8H2,1-5H3/t9-,10+,11-/m0/s1. The van der Waals surface area contributed by atoms with Crippen LogP contribution in [0.2, 0.25) is 0 Å². The highest BCUT2D eigenvalue weighted by Gasteiger charge is 2.45. The summed E-state index contributed by atoms with van der Waals surface area (Å²) in [6.07, 6.45) is -0.373. The van der Waals surface area contributed by atoms with Crippen LogP contribution in [0, 0.1) is 5.92 Å². The summed E-state index contributed by atoms with van der Waals surface area (Å²) >= 11 is 0. The highest BCUT2D eigenvalue weighted by molar-refractivity contribution is 4.96. The van der Waals surface area contributed by atoms with Crippen molar-refractivity contribution in [3.05, 3.63) is 0 Å². The number of aliphatic hydroxyl groups is 1. The molecule has 3 atom stereocenters. The maximum absolute atomic E-state index is 10.2. The van der Waals surface area contributed by atoms with Crippen LogP contribution < -0.4 is 0 Å². The Balaban J connectivity index is 2.57. The summed E-state index contributed by atoms with van der Waals surface area (Å²) in [5.41, 5.74) is -0.413. The first kappa shape index (κ1) is 12.9. The summed E-state index contributed by atoms with van der Waals surface area (Å²) in [6.45, 7) is 4.29. The zero-order valence-electron chi connectivity index (χ0n) is 10.5. The summed E-state index contributed by atoms with van der Waals surface area (Å²) in [4.78, 5) is 4.15. The Hall–Kier alpha value is -0.160. The van der Waals surface area contributed by atoms with Gasteiger partial charge in [-0.1, -0.05) is 0 Å². The fourth-order valence-electron chi connectivity index (χ4n) is 2.36. The molecule has 15 heavy (non-hydrogen) atoms. The monoisotopic (exact) mass is 216 g/mol. The minimum absolute atomic E-state index is 0.227. The summed E-state index contributed by atoms with van der Waals surface area (Å²) in [7, 11) is 8.05. The summed E-state index contributed by atoms with van der Waals surface area (Å²) in [6, 6.07) is 0. The van der Waals surface area contributed by atoms with Gasteiger partial charge in [0.15, 0.2) is 0 Å². The van der Waals surface area contributed by atoms with Crippen LogP contribution in [0.15, 0.2) is 0 Å². The molecule has 0 unspecified atom stereocenters. The highest BCUT2D eigenvalue weighted by Crippen LogP contribution is 2.31. The SMILES string of the molecule is CN(C)C[C@H]1CO[C@@](C)(CN(C)C)[C@@H]1O. The van der Waals surface area contributed by atoms with Gasteiger partial charge in [0.2, 0.25) is 0 Å². The molecule has 0 aliphatic carbocycles. The molecule has 0 aromatic rings. The molecule has 0 amide bonds. The van der Waals surface area contributed by atoms with E-state index in [-0.39, 0.29) is 12.0 Å². The Morgan fingerprint density at radius 3 is 2.33 bits per heavy atom. The van der Waals surface area contributed by atoms with Gasteiger partial charge in [0.25, 0.3) is 0 Å². The third-order valence-electron chi connectivity index (χ3n) is 2.93. The average Bonchev–Trinajstić information content (AvgIpc) is 2.31. The Morgan fingerprint density at radius 1 is 1.27 bits per heavy atom. The second-order valence-corrected chi connectivity index (χ2v) is 5.33. The van der Waals surface area contributed by atoms with Gasteiger partial charge in [0.1, 0.15) is 5.60 Å². The van der Waals surface area contributed by atoms with Gasteiger partial charge >= 0.3 is 0 Å². The normalized spacial score (nSPS) is 36.8. The lowest BCUT2D eigenvalue weighted by Crippen LogP contribution is -2.47. The van der Waals surface area contributed by atoms with Crippen LogP contribution in [0.4, 0.5) is 0 Å². The number of hydrogen-bond donors (Lipinski definition) is 1. The van der Waals surface area contributed by atoms with Crippen molar-refractivity contribution in [2.45, 2.75) is 18.6 Å². The number of aliphatic hydroxyl groups excluding tert-OH is 1. The van der Waals surface area contributed by atoms with Crippen molar-refractivity contribution in [3.63, 3.8) is 0 Å². The number of nitrogens with zero attached hydrogens (tertiary/aromatic N) is 2. The largest absolute Gasteiger partial charge is 0.390 e. The van der Waals surface area contributed by atoms with Gasteiger partial charge in [0, 0.05) is 19.0 Å². The fraction of sp³-hybridized carbons (Fsp3) is 1.00. The van der Waals surface area contributed by atoms with E-state index in [0.717, 1.165) is 13.1 Å². The highest BCUT2D eigenvalue weighted by atomic mass is 16.5. The first-order valence-corrected chi connectivity index (χ1v) is 5.46. The van der Waals surface area contributed by atoms with Crippen LogP contribution in [0.5, 0.6) is 0 Å². The van der Waals surface area contributed by atoms with E-state index in [4.69, 9.17) is 4.74 Å². The molecule has 0 radical (unpaired) electrons. The van der Waals surface area contributed by atoms with E-state index in [1.165, 1.54) is 0 Å². The molecular weight excluding hydrogens is 192 g/mol. The minimum Gasteiger partial charge on any atom is -0.390 e. The van der Waals surface area contributed by atoms with Crippen LogP contribution in [-0.2, 0) is 4.74 Å². The molecule has 4 heteroatoms. The van der Waals surface area contributed by atoms with Gasteiger partial charge in [-0.25, -0.2) is 0 Å². The second kappa shape index (κ2) is 4.78. The van der Waals surface area contributed by atoms with Crippen molar-refractivity contribution in [1.29, 1.82) is 0 Å². The molecule has 90 valence electrons. The smallest absolute Gasteiger partial charge is 0.104 e. The van der Waals surface area contributed by atoms with E-state index in [9.17, 15) is 5.11 Å². The Morgan fingerprint density at radius 2 is 1.87 bits per heavy atom. The number of rotatable bonds is 4. The van der Waals surface area contributed by atoms with E-state index in [1.54, 1.807) is 0 Å². The molecule has 1 aliphatic heterocycles. The lowest BCUT2D eigenvalue weighted by molar-refractivity contribution is -0.0596. The van der Waals surface area contributed by atoms with Crippen LogP contribution in [0.1, 0.15) is 6.92 Å². The Kier molecular flexibility index (Phi) is 4.12. The van der Waals surface area contributed by atoms with Gasteiger partial charge in [0.05, 0.1) is 12.7 Å². The first-order chi connectivity index (χ1) is 6.85. The minimum atomic E-state index is -0.413. The number of ether oxygens (including phenoxy) is 1. The summed E-state index contributed by atoms with van der Waals surface area (Å²) in [5, 5.41) is 10.2. The van der Waals surface area contributed by atoms with Crippen LogP contribution >= 0.6 is 0 Å². The van der Waals surface area contributed by atoms with Crippen molar-refractivity contribution >= 4 is 0 Å². The average molecular weight is 216 g/mol. The maximum Gasteiger partial charge on any atom is 0.104 e. The predicted octanol–water partition coefficient (Wildman–Crippen LogP) is -0.124. The van der Waals surface area contributed by atoms with Gasteiger partial charge in [-0.05, 0) is 35.1 Å². The molecule has 4 nitrogen and oxygen atoms in total. The summed E-state index contributed by atoms with van der Waals surface area (Å²) < 4.78 is 5.76. The van der Waals surface area contributed by atoms with Crippen molar-refractivity contribution in [2.75, 3.05) is 47.9 Å². The molecule has 1 heterocycles. The van der Waals surface area contributed by atoms with E-state index in [2.05, 4.69) is 9.80 Å². The molecule has 1 fully saturated rings. The number of hydrogen-bond acceptors (Lipinski definition) is 4. The van der Waals surface area contributed by atoms with Gasteiger partial charge in [-0.2, -0.15) is 0 Å². The molecular formula is C11H24N2O2. The van der Waals surface area contributed by atoms with Crippen molar-refractivity contribution in [2.24, 2.45) is 5.92 Å². The second-order valence-electron chi connectivity index (χ2n) is 5.33. The predicted molar refractivity (Wildman–Crippen MR) is 61.0 cm³/mol. The third-order valence-corrected chi connectivity index (χ3v) is 2.93. The molecule has 0 spiro atoms. The van der Waals surface area contributed by atoms with Crippen LogP contribution in [0.25, 0.3) is 0 Å². The quantitative estimate of drug-likeness (QED) is 0.710. The topological polar surface area (TPSA) is 35.9 Å². The van der Waals surface area contributed by atoms with Crippen LogP contribution in [-0.4, -0.2) is 74.5 Å². The molecule has 1 aliphatic rings. The molecule has 0 aromatic carbocycles. The molecule has 0 aromatic heterocycles. The van der Waals surface area contributed by atoms with E-state index >= 15 is 0 Å². The van der Waals surface area contributed by atoms with E-state index in [1.807, 2.05) is 35.1 Å². The lowest BCUT2D eigenvalue weighted by Gasteiger charge is -2.31. The van der Waals surface area contributed by atoms with Gasteiger partial charge in [-0.15, -0.1) is 0 Å². The Bertz CT molecular complexity index is 209. The fourth-order valence-corrected chi connectivity index (χ4v) is 2.36. The van der Waals surface area contributed by atoms with Crippen molar-refractivity contribution in [3.8, 4) is 0 Å².